The number of ether oxygens (including phenoxy) is 1. The van der Waals surface area contributed by atoms with Gasteiger partial charge in [-0.1, -0.05) is 0 Å². The minimum Gasteiger partial charge on any atom is -0.381 e. The van der Waals surface area contributed by atoms with Gasteiger partial charge in [-0.15, -0.1) is 0 Å². The summed E-state index contributed by atoms with van der Waals surface area (Å²) < 4.78 is 7.61. The first-order valence-corrected chi connectivity index (χ1v) is 9.84. The van der Waals surface area contributed by atoms with E-state index >= 15 is 0 Å². The van der Waals surface area contributed by atoms with E-state index in [-0.39, 0.29) is 5.41 Å². The number of imidazole rings is 1. The normalized spacial score (nSPS) is 29.0. The molecule has 0 N–H and O–H groups in total. The first-order valence-electron chi connectivity index (χ1n) is 9.84. The van der Waals surface area contributed by atoms with Crippen molar-refractivity contribution in [3.8, 4) is 0 Å². The molecule has 1 aromatic heterocycles. The Hall–Kier alpha value is -1.40. The summed E-state index contributed by atoms with van der Waals surface area (Å²) in [6, 6.07) is 0.411. The Bertz CT molecular complexity index is 570. The van der Waals surface area contributed by atoms with Crippen molar-refractivity contribution in [3.63, 3.8) is 0 Å². The van der Waals surface area contributed by atoms with Crippen molar-refractivity contribution in [2.45, 2.75) is 51.1 Å². The quantitative estimate of drug-likeness (QED) is 0.815. The first kappa shape index (κ1) is 17.0. The number of nitrogens with zero attached hydrogens (tertiary/aromatic N) is 4. The van der Waals surface area contributed by atoms with Crippen LogP contribution in [0.15, 0.2) is 18.7 Å². The number of carbonyl (C=O) groups is 1. The Morgan fingerprint density at radius 2 is 2.08 bits per heavy atom. The highest BCUT2D eigenvalue weighted by Gasteiger charge is 2.49. The zero-order valence-electron chi connectivity index (χ0n) is 15.1. The maximum atomic E-state index is 13.3. The summed E-state index contributed by atoms with van der Waals surface area (Å²) >= 11 is 0. The fourth-order valence-electron chi connectivity index (χ4n) is 4.87. The molecule has 6 heteroatoms. The van der Waals surface area contributed by atoms with Crippen LogP contribution in [0, 0.1) is 5.41 Å². The molecule has 0 saturated carbocycles. The number of hydrogen-bond donors (Lipinski definition) is 0. The predicted octanol–water partition coefficient (Wildman–Crippen LogP) is 1.77. The lowest BCUT2D eigenvalue weighted by Gasteiger charge is -2.44. The molecule has 6 nitrogen and oxygen atoms in total. The standard InChI is InChI=1S/C19H30N4O2/c24-18-19(5-1-10-23(18)17-3-13-25-14-4-17)6-11-21(15-19)8-2-9-22-12-7-20-16-22/h7,12,16-17H,1-6,8-11,13-15H2/t19-/m0/s1. The van der Waals surface area contributed by atoms with Crippen LogP contribution in [0.4, 0.5) is 0 Å². The Morgan fingerprint density at radius 1 is 1.20 bits per heavy atom. The second-order valence-electron chi connectivity index (χ2n) is 7.91. The van der Waals surface area contributed by atoms with Crippen molar-refractivity contribution >= 4 is 5.91 Å². The smallest absolute Gasteiger partial charge is 0.230 e. The summed E-state index contributed by atoms with van der Waals surface area (Å²) in [5.74, 6) is 0.433. The molecule has 0 aromatic carbocycles. The van der Waals surface area contributed by atoms with Gasteiger partial charge in [0.2, 0.25) is 5.91 Å². The molecular formula is C19H30N4O2. The van der Waals surface area contributed by atoms with Crippen molar-refractivity contribution in [3.05, 3.63) is 18.7 Å². The molecule has 3 saturated heterocycles. The van der Waals surface area contributed by atoms with Gasteiger partial charge < -0.3 is 19.1 Å². The lowest BCUT2D eigenvalue weighted by atomic mass is 9.77. The van der Waals surface area contributed by atoms with Crippen LogP contribution < -0.4 is 0 Å². The number of piperidine rings is 1. The third-order valence-corrected chi connectivity index (χ3v) is 6.28. The van der Waals surface area contributed by atoms with Gasteiger partial charge in [0.25, 0.3) is 0 Å². The molecule has 1 aromatic rings. The third kappa shape index (κ3) is 3.60. The number of likely N-dealkylation sites (tertiary alicyclic amines) is 2. The highest BCUT2D eigenvalue weighted by Crippen LogP contribution is 2.41. The van der Waals surface area contributed by atoms with Crippen LogP contribution in [-0.2, 0) is 16.1 Å². The van der Waals surface area contributed by atoms with E-state index in [0.29, 0.717) is 11.9 Å². The molecule has 3 fully saturated rings. The fraction of sp³-hybridized carbons (Fsp3) is 0.789. The number of carbonyl (C=O) groups excluding carboxylic acids is 1. The molecule has 3 aliphatic rings. The SMILES string of the molecule is O=C1N(C2CCOCC2)CCC[C@@]12CCN(CCCn1ccnc1)C2. The summed E-state index contributed by atoms with van der Waals surface area (Å²) in [4.78, 5) is 22.1. The van der Waals surface area contributed by atoms with Crippen molar-refractivity contribution in [2.75, 3.05) is 39.4 Å². The molecule has 1 atom stereocenters. The molecule has 1 spiro atoms. The molecule has 138 valence electrons. The molecule has 3 aliphatic heterocycles. The third-order valence-electron chi connectivity index (χ3n) is 6.28. The molecule has 0 bridgehead atoms. The van der Waals surface area contributed by atoms with Crippen molar-refractivity contribution < 1.29 is 9.53 Å². The van der Waals surface area contributed by atoms with E-state index in [1.165, 1.54) is 0 Å². The summed E-state index contributed by atoms with van der Waals surface area (Å²) in [5.41, 5.74) is -0.106. The van der Waals surface area contributed by atoms with E-state index in [1.54, 1.807) is 0 Å². The number of amides is 1. The second-order valence-corrected chi connectivity index (χ2v) is 7.91. The average Bonchev–Trinajstić information content (AvgIpc) is 3.29. The highest BCUT2D eigenvalue weighted by molar-refractivity contribution is 5.84. The van der Waals surface area contributed by atoms with Gasteiger partial charge in [0.05, 0.1) is 11.7 Å². The predicted molar refractivity (Wildman–Crippen MR) is 95.1 cm³/mol. The highest BCUT2D eigenvalue weighted by atomic mass is 16.5. The summed E-state index contributed by atoms with van der Waals surface area (Å²) in [5, 5.41) is 0. The van der Waals surface area contributed by atoms with Crippen LogP contribution in [0.3, 0.4) is 0 Å². The maximum absolute atomic E-state index is 13.3. The molecule has 0 radical (unpaired) electrons. The number of hydrogen-bond acceptors (Lipinski definition) is 4. The molecule has 25 heavy (non-hydrogen) atoms. The van der Waals surface area contributed by atoms with Gasteiger partial charge in [0, 0.05) is 51.3 Å². The summed E-state index contributed by atoms with van der Waals surface area (Å²) in [6.45, 7) is 6.67. The van der Waals surface area contributed by atoms with E-state index < -0.39 is 0 Å². The minimum absolute atomic E-state index is 0.106. The van der Waals surface area contributed by atoms with E-state index in [2.05, 4.69) is 19.4 Å². The van der Waals surface area contributed by atoms with E-state index in [1.807, 2.05) is 18.7 Å². The summed E-state index contributed by atoms with van der Waals surface area (Å²) in [6.07, 6.45) is 12.1. The van der Waals surface area contributed by atoms with Crippen LogP contribution in [0.2, 0.25) is 0 Å². The van der Waals surface area contributed by atoms with E-state index in [9.17, 15) is 4.79 Å². The van der Waals surface area contributed by atoms with Gasteiger partial charge in [0.15, 0.2) is 0 Å². The lowest BCUT2D eigenvalue weighted by molar-refractivity contribution is -0.150. The van der Waals surface area contributed by atoms with Crippen molar-refractivity contribution in [2.24, 2.45) is 5.41 Å². The van der Waals surface area contributed by atoms with Gasteiger partial charge in [-0.05, 0) is 51.6 Å². The first-order chi connectivity index (χ1) is 12.3. The molecule has 1 amide bonds. The Labute approximate surface area is 150 Å². The maximum Gasteiger partial charge on any atom is 0.230 e. The van der Waals surface area contributed by atoms with Gasteiger partial charge in [-0.3, -0.25) is 4.79 Å². The average molecular weight is 346 g/mol. The molecule has 0 aliphatic carbocycles. The second kappa shape index (κ2) is 7.46. The van der Waals surface area contributed by atoms with Crippen LogP contribution in [0.1, 0.15) is 38.5 Å². The number of aromatic nitrogens is 2. The van der Waals surface area contributed by atoms with E-state index in [0.717, 1.165) is 84.5 Å². The van der Waals surface area contributed by atoms with Crippen LogP contribution in [0.5, 0.6) is 0 Å². The molecule has 4 rings (SSSR count). The van der Waals surface area contributed by atoms with Crippen LogP contribution in [-0.4, -0.2) is 70.7 Å². The Kier molecular flexibility index (Phi) is 5.08. The van der Waals surface area contributed by atoms with Gasteiger partial charge in [-0.2, -0.15) is 0 Å². The van der Waals surface area contributed by atoms with Gasteiger partial charge >= 0.3 is 0 Å². The van der Waals surface area contributed by atoms with E-state index in [4.69, 9.17) is 4.74 Å². The molecule has 4 heterocycles. The zero-order valence-corrected chi connectivity index (χ0v) is 15.1. The van der Waals surface area contributed by atoms with Crippen LogP contribution in [0.25, 0.3) is 0 Å². The zero-order chi connectivity index (χ0) is 17.1. The van der Waals surface area contributed by atoms with Crippen LogP contribution >= 0.6 is 0 Å². The Morgan fingerprint density at radius 3 is 2.88 bits per heavy atom. The lowest BCUT2D eigenvalue weighted by Crippen LogP contribution is -2.54. The van der Waals surface area contributed by atoms with Gasteiger partial charge in [-0.25, -0.2) is 4.98 Å². The topological polar surface area (TPSA) is 50.6 Å². The van der Waals surface area contributed by atoms with Gasteiger partial charge in [0.1, 0.15) is 0 Å². The molecular weight excluding hydrogens is 316 g/mol. The monoisotopic (exact) mass is 346 g/mol. The molecule has 0 unspecified atom stereocenters. The minimum atomic E-state index is -0.106. The number of aryl methyl sites for hydroxylation is 1. The van der Waals surface area contributed by atoms with Crippen molar-refractivity contribution in [1.82, 2.24) is 19.4 Å². The Balaban J connectivity index is 1.32. The largest absolute Gasteiger partial charge is 0.381 e. The fourth-order valence-corrected chi connectivity index (χ4v) is 4.87. The summed E-state index contributed by atoms with van der Waals surface area (Å²) in [7, 11) is 0. The number of rotatable bonds is 5. The van der Waals surface area contributed by atoms with Crippen molar-refractivity contribution in [1.29, 1.82) is 0 Å².